The number of ether oxygens (including phenoxy) is 1. The quantitative estimate of drug-likeness (QED) is 0.223. The van der Waals surface area contributed by atoms with Crippen LogP contribution in [0.4, 0.5) is 13.2 Å². The zero-order valence-corrected chi connectivity index (χ0v) is 21.4. The van der Waals surface area contributed by atoms with Crippen molar-refractivity contribution >= 4 is 28.6 Å². The molecule has 198 valence electrons. The van der Waals surface area contributed by atoms with Crippen LogP contribution in [0.1, 0.15) is 32.9 Å². The zero-order valence-electron chi connectivity index (χ0n) is 20.7. The summed E-state index contributed by atoms with van der Waals surface area (Å²) in [6.07, 6.45) is -4.70. The van der Waals surface area contributed by atoms with Gasteiger partial charge in [0.05, 0.1) is 23.1 Å². The van der Waals surface area contributed by atoms with Crippen LogP contribution in [0, 0.1) is 6.92 Å². The number of aromatic nitrogens is 2. The van der Waals surface area contributed by atoms with E-state index in [1.54, 1.807) is 43.3 Å². The highest BCUT2D eigenvalue weighted by molar-refractivity contribution is 6.31. The highest BCUT2D eigenvalue weighted by Gasteiger charge is 2.38. The van der Waals surface area contributed by atoms with Crippen molar-refractivity contribution in [2.45, 2.75) is 26.3 Å². The van der Waals surface area contributed by atoms with Gasteiger partial charge in [0.25, 0.3) is 0 Å². The van der Waals surface area contributed by atoms with Gasteiger partial charge < -0.3 is 14.4 Å². The smallest absolute Gasteiger partial charge is 0.449 e. The first kappa shape index (κ1) is 26.3. The zero-order chi connectivity index (χ0) is 27.7. The standard InChI is InChI=1S/C30H22ClF3N2O3/c1-18-13-23(39-17-22-9-5-6-10-24(22)28(37)38)15-26-27(18)35-29(30(32,33)34)36(26)16-21-12-11-20(14-25(21)31)19-7-3-2-4-8-19/h2-15H,16-17H2,1H3,(H,37,38). The average molecular weight is 551 g/mol. The van der Waals surface area contributed by atoms with Crippen molar-refractivity contribution in [2.24, 2.45) is 0 Å². The van der Waals surface area contributed by atoms with Gasteiger partial charge in [-0.2, -0.15) is 13.2 Å². The summed E-state index contributed by atoms with van der Waals surface area (Å²) in [5, 5.41) is 9.76. The highest BCUT2D eigenvalue weighted by Crippen LogP contribution is 2.36. The molecule has 0 aliphatic carbocycles. The van der Waals surface area contributed by atoms with E-state index in [-0.39, 0.29) is 29.7 Å². The number of imidazole rings is 1. The van der Waals surface area contributed by atoms with Crippen molar-refractivity contribution in [3.8, 4) is 16.9 Å². The van der Waals surface area contributed by atoms with Crippen molar-refractivity contribution in [3.05, 3.63) is 118 Å². The molecule has 0 unspecified atom stereocenters. The molecule has 1 heterocycles. The van der Waals surface area contributed by atoms with Crippen LogP contribution >= 0.6 is 11.6 Å². The Balaban J connectivity index is 1.53. The molecule has 5 rings (SSSR count). The normalized spacial score (nSPS) is 11.6. The van der Waals surface area contributed by atoms with Gasteiger partial charge in [0.1, 0.15) is 12.4 Å². The Bertz CT molecular complexity index is 1680. The number of carbonyl (C=O) groups is 1. The number of aromatic carboxylic acids is 1. The van der Waals surface area contributed by atoms with E-state index in [9.17, 15) is 23.1 Å². The molecular weight excluding hydrogens is 529 g/mol. The second-order valence-electron chi connectivity index (χ2n) is 9.05. The number of benzene rings is 4. The van der Waals surface area contributed by atoms with Gasteiger partial charge >= 0.3 is 12.1 Å². The van der Waals surface area contributed by atoms with Gasteiger partial charge in [-0.05, 0) is 47.4 Å². The molecule has 0 spiro atoms. The predicted molar refractivity (Wildman–Crippen MR) is 143 cm³/mol. The van der Waals surface area contributed by atoms with E-state index in [0.29, 0.717) is 27.5 Å². The number of carboxylic acid groups (broad SMARTS) is 1. The second kappa shape index (κ2) is 10.5. The van der Waals surface area contributed by atoms with E-state index >= 15 is 0 Å². The fourth-order valence-corrected chi connectivity index (χ4v) is 4.73. The van der Waals surface area contributed by atoms with Crippen LogP contribution in [-0.4, -0.2) is 20.6 Å². The Morgan fingerprint density at radius 1 is 0.949 bits per heavy atom. The van der Waals surface area contributed by atoms with Gasteiger partial charge in [-0.15, -0.1) is 0 Å². The van der Waals surface area contributed by atoms with Crippen molar-refractivity contribution in [3.63, 3.8) is 0 Å². The second-order valence-corrected chi connectivity index (χ2v) is 9.46. The van der Waals surface area contributed by atoms with E-state index in [0.717, 1.165) is 15.7 Å². The number of rotatable bonds is 7. The molecular formula is C30H22ClF3N2O3. The summed E-state index contributed by atoms with van der Waals surface area (Å²) in [5.41, 5.74) is 3.74. The molecule has 5 nitrogen and oxygen atoms in total. The molecule has 1 aromatic heterocycles. The Morgan fingerprint density at radius 2 is 1.67 bits per heavy atom. The average Bonchev–Trinajstić information content (AvgIpc) is 3.28. The van der Waals surface area contributed by atoms with Gasteiger partial charge in [-0.3, -0.25) is 0 Å². The summed E-state index contributed by atoms with van der Waals surface area (Å²) in [4.78, 5) is 15.5. The first-order valence-electron chi connectivity index (χ1n) is 12.0. The van der Waals surface area contributed by atoms with Crippen molar-refractivity contribution in [2.75, 3.05) is 0 Å². The van der Waals surface area contributed by atoms with E-state index in [1.165, 1.54) is 12.1 Å². The van der Waals surface area contributed by atoms with Crippen LogP contribution in [-0.2, 0) is 19.3 Å². The first-order valence-corrected chi connectivity index (χ1v) is 12.4. The van der Waals surface area contributed by atoms with Gasteiger partial charge in [-0.1, -0.05) is 72.3 Å². The molecule has 4 aromatic carbocycles. The lowest BCUT2D eigenvalue weighted by Gasteiger charge is -2.14. The largest absolute Gasteiger partial charge is 0.489 e. The Kier molecular flexibility index (Phi) is 7.06. The minimum absolute atomic E-state index is 0.0690. The third-order valence-corrected chi connectivity index (χ3v) is 6.75. The van der Waals surface area contributed by atoms with Crippen LogP contribution < -0.4 is 4.74 Å². The molecule has 0 radical (unpaired) electrons. The molecule has 39 heavy (non-hydrogen) atoms. The fourth-order valence-electron chi connectivity index (χ4n) is 4.49. The number of alkyl halides is 3. The summed E-state index contributed by atoms with van der Waals surface area (Å²) in [5.74, 6) is -1.85. The number of fused-ring (bicyclic) bond motifs is 1. The minimum Gasteiger partial charge on any atom is -0.489 e. The van der Waals surface area contributed by atoms with Gasteiger partial charge in [-0.25, -0.2) is 9.78 Å². The monoisotopic (exact) mass is 550 g/mol. The van der Waals surface area contributed by atoms with Crippen LogP contribution in [0.2, 0.25) is 5.02 Å². The third kappa shape index (κ3) is 5.47. The SMILES string of the molecule is Cc1cc(OCc2ccccc2C(=O)O)cc2c1nc(C(F)(F)F)n2Cc1ccc(-c2ccccc2)cc1Cl. The molecule has 0 bridgehead atoms. The maximum Gasteiger partial charge on any atom is 0.449 e. The molecule has 0 saturated carbocycles. The number of carboxylic acids is 1. The van der Waals surface area contributed by atoms with Crippen molar-refractivity contribution in [1.29, 1.82) is 0 Å². The molecule has 9 heteroatoms. The highest BCUT2D eigenvalue weighted by atomic mass is 35.5. The third-order valence-electron chi connectivity index (χ3n) is 6.40. The van der Waals surface area contributed by atoms with Crippen LogP contribution in [0.5, 0.6) is 5.75 Å². The Hall–Kier alpha value is -4.30. The molecule has 1 N–H and O–H groups in total. The number of aryl methyl sites for hydroxylation is 1. The summed E-state index contributed by atoms with van der Waals surface area (Å²) < 4.78 is 49.2. The lowest BCUT2D eigenvalue weighted by atomic mass is 10.0. The van der Waals surface area contributed by atoms with Crippen molar-refractivity contribution in [1.82, 2.24) is 9.55 Å². The lowest BCUT2D eigenvalue weighted by Crippen LogP contribution is -2.15. The predicted octanol–water partition coefficient (Wildman–Crippen LogP) is 8.01. The summed E-state index contributed by atoms with van der Waals surface area (Å²) >= 11 is 6.55. The summed E-state index contributed by atoms with van der Waals surface area (Å²) in [6, 6.07) is 24.3. The Morgan fingerprint density at radius 3 is 2.36 bits per heavy atom. The van der Waals surface area contributed by atoms with Gasteiger partial charge in [0.15, 0.2) is 0 Å². The molecule has 0 saturated heterocycles. The number of nitrogens with zero attached hydrogens (tertiary/aromatic N) is 2. The molecule has 0 aliphatic rings. The van der Waals surface area contributed by atoms with E-state index in [2.05, 4.69) is 4.98 Å². The van der Waals surface area contributed by atoms with Crippen LogP contribution in [0.25, 0.3) is 22.2 Å². The topological polar surface area (TPSA) is 64.3 Å². The van der Waals surface area contributed by atoms with E-state index < -0.39 is 18.0 Å². The molecule has 0 atom stereocenters. The lowest BCUT2D eigenvalue weighted by molar-refractivity contribution is -0.146. The summed E-state index contributed by atoms with van der Waals surface area (Å²) in [6.45, 7) is 1.42. The molecule has 0 amide bonds. The molecule has 0 aliphatic heterocycles. The fraction of sp³-hybridized carbons (Fsp3) is 0.133. The molecule has 0 fully saturated rings. The van der Waals surface area contributed by atoms with Crippen LogP contribution in [0.3, 0.4) is 0 Å². The minimum atomic E-state index is -4.70. The van der Waals surface area contributed by atoms with E-state index in [4.69, 9.17) is 16.3 Å². The van der Waals surface area contributed by atoms with Gasteiger partial charge in [0.2, 0.25) is 5.82 Å². The van der Waals surface area contributed by atoms with E-state index in [1.807, 2.05) is 36.4 Å². The number of hydrogen-bond acceptors (Lipinski definition) is 3. The Labute approximate surface area is 227 Å². The van der Waals surface area contributed by atoms with Crippen molar-refractivity contribution < 1.29 is 27.8 Å². The number of halogens is 4. The first-order chi connectivity index (χ1) is 18.6. The molecule has 5 aromatic rings. The maximum atomic E-state index is 14.1. The van der Waals surface area contributed by atoms with Gasteiger partial charge in [0, 0.05) is 16.7 Å². The summed E-state index contributed by atoms with van der Waals surface area (Å²) in [7, 11) is 0. The maximum absolute atomic E-state index is 14.1. The van der Waals surface area contributed by atoms with Crippen LogP contribution in [0.15, 0.2) is 84.9 Å². The number of hydrogen-bond donors (Lipinski definition) is 1.